The summed E-state index contributed by atoms with van der Waals surface area (Å²) >= 11 is 0. The lowest BCUT2D eigenvalue weighted by atomic mass is 9.87. The van der Waals surface area contributed by atoms with Gasteiger partial charge in [0.15, 0.2) is 0 Å². The van der Waals surface area contributed by atoms with Crippen LogP contribution in [-0.2, 0) is 20.9 Å². The molecule has 27 heavy (non-hydrogen) atoms. The second kappa shape index (κ2) is 12.1. The molecule has 4 nitrogen and oxygen atoms in total. The third-order valence-electron chi connectivity index (χ3n) is 4.92. The Labute approximate surface area is 165 Å². The maximum absolute atomic E-state index is 11.0. The van der Waals surface area contributed by atoms with Crippen LogP contribution < -0.4 is 0 Å². The normalized spacial score (nSPS) is 12.3. The molecule has 0 atom stereocenters. The average molecular weight is 379 g/mol. The Bertz CT molecular complexity index is 522. The van der Waals surface area contributed by atoms with Crippen LogP contribution in [0.1, 0.15) is 71.8 Å². The van der Waals surface area contributed by atoms with E-state index in [-0.39, 0.29) is 5.41 Å². The fourth-order valence-electron chi connectivity index (χ4n) is 2.88. The molecule has 0 aliphatic carbocycles. The van der Waals surface area contributed by atoms with Crippen LogP contribution in [0.5, 0.6) is 0 Å². The lowest BCUT2D eigenvalue weighted by molar-refractivity contribution is -0.147. The third kappa shape index (κ3) is 11.1. The fraction of sp³-hybridized carbons (Fsp3) is 0.696. The molecule has 4 heteroatoms. The number of carbonyl (C=O) groups is 1. The monoisotopic (exact) mass is 378 g/mol. The van der Waals surface area contributed by atoms with Gasteiger partial charge < -0.3 is 14.6 Å². The highest BCUT2D eigenvalue weighted by atomic mass is 16.5. The molecule has 0 heterocycles. The van der Waals surface area contributed by atoms with Gasteiger partial charge in [0.2, 0.25) is 0 Å². The summed E-state index contributed by atoms with van der Waals surface area (Å²) in [5.74, 6) is -0.723. The molecule has 0 saturated heterocycles. The third-order valence-corrected chi connectivity index (χ3v) is 4.92. The van der Waals surface area contributed by atoms with Gasteiger partial charge in [0, 0.05) is 13.2 Å². The summed E-state index contributed by atoms with van der Waals surface area (Å²) in [6.07, 6.45) is 5.83. The van der Waals surface area contributed by atoms with Crippen LogP contribution in [0.3, 0.4) is 0 Å². The molecule has 0 radical (unpaired) electrons. The second-order valence-corrected chi connectivity index (χ2v) is 8.86. The zero-order valence-corrected chi connectivity index (χ0v) is 17.6. The predicted molar refractivity (Wildman–Crippen MR) is 110 cm³/mol. The molecule has 0 amide bonds. The van der Waals surface area contributed by atoms with Gasteiger partial charge in [-0.2, -0.15) is 0 Å². The van der Waals surface area contributed by atoms with Crippen molar-refractivity contribution in [1.29, 1.82) is 0 Å². The molecule has 1 aromatic rings. The molecule has 0 bridgehead atoms. The summed E-state index contributed by atoms with van der Waals surface area (Å²) in [6, 6.07) is 10.3. The van der Waals surface area contributed by atoms with E-state index >= 15 is 0 Å². The van der Waals surface area contributed by atoms with Crippen LogP contribution in [0.2, 0.25) is 0 Å². The van der Waals surface area contributed by atoms with E-state index in [9.17, 15) is 4.79 Å². The number of aliphatic carboxylic acids is 1. The van der Waals surface area contributed by atoms with Crippen molar-refractivity contribution in [1.82, 2.24) is 0 Å². The molecule has 0 spiro atoms. The van der Waals surface area contributed by atoms with Gasteiger partial charge in [0.25, 0.3) is 0 Å². The van der Waals surface area contributed by atoms with Gasteiger partial charge in [-0.05, 0) is 50.5 Å². The summed E-state index contributed by atoms with van der Waals surface area (Å²) in [5, 5.41) is 9.08. The first-order valence-corrected chi connectivity index (χ1v) is 10.2. The highest BCUT2D eigenvalue weighted by Gasteiger charge is 2.25. The van der Waals surface area contributed by atoms with E-state index in [1.54, 1.807) is 13.8 Å². The van der Waals surface area contributed by atoms with E-state index in [0.29, 0.717) is 13.0 Å². The van der Waals surface area contributed by atoms with Gasteiger partial charge >= 0.3 is 5.97 Å². The standard InChI is InChI=1S/C23H38O4/c1-22(2,19-27-18-20-12-6-5-7-13-20)14-8-10-16-26-17-11-9-15-23(3,4)21(24)25/h5-7,12-13H,8-11,14-19H2,1-4H3,(H,24,25). The molecule has 0 saturated carbocycles. The molecule has 0 aliphatic heterocycles. The van der Waals surface area contributed by atoms with Crippen molar-refractivity contribution in [2.45, 2.75) is 72.8 Å². The van der Waals surface area contributed by atoms with Crippen LogP contribution >= 0.6 is 0 Å². The van der Waals surface area contributed by atoms with Crippen molar-refractivity contribution >= 4 is 5.97 Å². The number of rotatable bonds is 15. The lowest BCUT2D eigenvalue weighted by Gasteiger charge is -2.24. The van der Waals surface area contributed by atoms with E-state index in [1.165, 1.54) is 5.56 Å². The zero-order chi connectivity index (χ0) is 20.2. The van der Waals surface area contributed by atoms with Gasteiger partial charge in [0.1, 0.15) is 0 Å². The summed E-state index contributed by atoms with van der Waals surface area (Å²) in [5.41, 5.74) is 0.763. The van der Waals surface area contributed by atoms with Crippen LogP contribution in [0.25, 0.3) is 0 Å². The minimum absolute atomic E-state index is 0.178. The van der Waals surface area contributed by atoms with Crippen molar-refractivity contribution in [3.05, 3.63) is 35.9 Å². The van der Waals surface area contributed by atoms with Crippen LogP contribution in [0.15, 0.2) is 30.3 Å². The molecule has 1 aromatic carbocycles. The van der Waals surface area contributed by atoms with Crippen LogP contribution in [0, 0.1) is 10.8 Å². The predicted octanol–water partition coefficient (Wildman–Crippen LogP) is 5.70. The molecular formula is C23H38O4. The Kier molecular flexibility index (Phi) is 10.6. The smallest absolute Gasteiger partial charge is 0.309 e. The number of carboxylic acid groups (broad SMARTS) is 1. The van der Waals surface area contributed by atoms with Crippen molar-refractivity contribution in [2.24, 2.45) is 10.8 Å². The highest BCUT2D eigenvalue weighted by molar-refractivity contribution is 5.73. The van der Waals surface area contributed by atoms with Crippen molar-refractivity contribution in [3.8, 4) is 0 Å². The second-order valence-electron chi connectivity index (χ2n) is 8.86. The summed E-state index contributed by atoms with van der Waals surface area (Å²) in [7, 11) is 0. The van der Waals surface area contributed by atoms with Gasteiger partial charge in [0.05, 0.1) is 18.6 Å². The Morgan fingerprint density at radius 1 is 0.889 bits per heavy atom. The molecule has 1 N–H and O–H groups in total. The highest BCUT2D eigenvalue weighted by Crippen LogP contribution is 2.25. The van der Waals surface area contributed by atoms with Crippen molar-refractivity contribution in [2.75, 3.05) is 19.8 Å². The summed E-state index contributed by atoms with van der Waals surface area (Å²) in [4.78, 5) is 11.0. The maximum Gasteiger partial charge on any atom is 0.309 e. The minimum Gasteiger partial charge on any atom is -0.481 e. The van der Waals surface area contributed by atoms with E-state index in [1.807, 2.05) is 18.2 Å². The lowest BCUT2D eigenvalue weighted by Crippen LogP contribution is -2.23. The number of hydrogen-bond donors (Lipinski definition) is 1. The van der Waals surface area contributed by atoms with Crippen molar-refractivity contribution < 1.29 is 19.4 Å². The van der Waals surface area contributed by atoms with Gasteiger partial charge in [-0.15, -0.1) is 0 Å². The van der Waals surface area contributed by atoms with E-state index < -0.39 is 11.4 Å². The van der Waals surface area contributed by atoms with E-state index in [2.05, 4.69) is 26.0 Å². The number of hydrogen-bond acceptors (Lipinski definition) is 3. The number of benzene rings is 1. The fourth-order valence-corrected chi connectivity index (χ4v) is 2.88. The largest absolute Gasteiger partial charge is 0.481 e. The number of ether oxygens (including phenoxy) is 2. The minimum atomic E-state index is -0.723. The van der Waals surface area contributed by atoms with Gasteiger partial charge in [-0.1, -0.05) is 57.0 Å². The topological polar surface area (TPSA) is 55.8 Å². The van der Waals surface area contributed by atoms with Gasteiger partial charge in [-0.3, -0.25) is 4.79 Å². The van der Waals surface area contributed by atoms with E-state index in [4.69, 9.17) is 14.6 Å². The Balaban J connectivity index is 1.99. The number of carboxylic acids is 1. The first-order valence-electron chi connectivity index (χ1n) is 10.2. The molecule has 0 unspecified atom stereocenters. The molecule has 0 aliphatic rings. The maximum atomic E-state index is 11.0. The SMILES string of the molecule is CC(C)(CCCCOCCCCC(C)(C)C(=O)O)COCc1ccccc1. The van der Waals surface area contributed by atoms with Crippen LogP contribution in [-0.4, -0.2) is 30.9 Å². The zero-order valence-electron chi connectivity index (χ0n) is 17.6. The Hall–Kier alpha value is -1.39. The molecular weight excluding hydrogens is 340 g/mol. The average Bonchev–Trinajstić information content (AvgIpc) is 2.60. The quantitative estimate of drug-likeness (QED) is 0.398. The van der Waals surface area contributed by atoms with E-state index in [0.717, 1.165) is 51.9 Å². The van der Waals surface area contributed by atoms with Gasteiger partial charge in [-0.25, -0.2) is 0 Å². The van der Waals surface area contributed by atoms with Crippen molar-refractivity contribution in [3.63, 3.8) is 0 Å². The molecule has 0 aromatic heterocycles. The summed E-state index contributed by atoms with van der Waals surface area (Å²) in [6.45, 7) is 11.0. The molecule has 0 fully saturated rings. The number of unbranched alkanes of at least 4 members (excludes halogenated alkanes) is 2. The Morgan fingerprint density at radius 3 is 2.07 bits per heavy atom. The molecule has 154 valence electrons. The first kappa shape index (κ1) is 23.6. The first-order chi connectivity index (χ1) is 12.7. The molecule has 1 rings (SSSR count). The summed E-state index contributed by atoms with van der Waals surface area (Å²) < 4.78 is 11.6. The van der Waals surface area contributed by atoms with Crippen LogP contribution in [0.4, 0.5) is 0 Å². The Morgan fingerprint density at radius 2 is 1.48 bits per heavy atom.